The number of hydrogen-bond donors (Lipinski definition) is 1. The maximum atomic E-state index is 11.8. The molecule has 1 saturated heterocycles. The monoisotopic (exact) mass is 212 g/mol. The first-order valence-corrected chi connectivity index (χ1v) is 5.90. The summed E-state index contributed by atoms with van der Waals surface area (Å²) in [6, 6.07) is 0. The van der Waals surface area contributed by atoms with E-state index >= 15 is 0 Å². The van der Waals surface area contributed by atoms with E-state index in [1.54, 1.807) is 0 Å². The highest BCUT2D eigenvalue weighted by molar-refractivity contribution is 5.76. The third kappa shape index (κ3) is 4.20. The number of carbonyl (C=O) groups excluding carboxylic acids is 1. The van der Waals surface area contributed by atoms with Crippen molar-refractivity contribution < 1.29 is 4.79 Å². The van der Waals surface area contributed by atoms with Crippen LogP contribution < -0.4 is 5.73 Å². The molecule has 0 saturated carbocycles. The summed E-state index contributed by atoms with van der Waals surface area (Å²) < 4.78 is 0. The van der Waals surface area contributed by atoms with Gasteiger partial charge in [0.15, 0.2) is 0 Å². The van der Waals surface area contributed by atoms with Crippen LogP contribution in [0.25, 0.3) is 0 Å². The van der Waals surface area contributed by atoms with E-state index in [1.165, 1.54) is 0 Å². The minimum absolute atomic E-state index is 0.253. The first-order valence-electron chi connectivity index (χ1n) is 5.90. The van der Waals surface area contributed by atoms with Crippen molar-refractivity contribution >= 4 is 5.91 Å². The molecule has 15 heavy (non-hydrogen) atoms. The van der Waals surface area contributed by atoms with Crippen LogP contribution in [0.1, 0.15) is 40.0 Å². The molecule has 1 aliphatic rings. The summed E-state index contributed by atoms with van der Waals surface area (Å²) in [5.74, 6) is 0.837. The van der Waals surface area contributed by atoms with Gasteiger partial charge in [0.1, 0.15) is 0 Å². The Hall–Kier alpha value is -0.570. The van der Waals surface area contributed by atoms with Gasteiger partial charge in [-0.3, -0.25) is 4.79 Å². The summed E-state index contributed by atoms with van der Waals surface area (Å²) in [5.41, 5.74) is 5.85. The number of carbonyl (C=O) groups is 1. The van der Waals surface area contributed by atoms with Gasteiger partial charge in [0.05, 0.1) is 0 Å². The van der Waals surface area contributed by atoms with Gasteiger partial charge >= 0.3 is 0 Å². The van der Waals surface area contributed by atoms with E-state index in [0.717, 1.165) is 25.9 Å². The summed E-state index contributed by atoms with van der Waals surface area (Å²) in [5, 5.41) is 0. The maximum absolute atomic E-state index is 11.8. The lowest BCUT2D eigenvalue weighted by Gasteiger charge is -2.21. The molecule has 1 atom stereocenters. The van der Waals surface area contributed by atoms with E-state index in [2.05, 4.69) is 20.8 Å². The standard InChI is InChI=1S/C12H24N2O/c1-12(2,3)6-4-11(15)14-7-5-10(8-13)9-14/h10H,4-9,13H2,1-3H3. The molecular weight excluding hydrogens is 188 g/mol. The van der Waals surface area contributed by atoms with Crippen LogP contribution in [-0.4, -0.2) is 30.4 Å². The molecule has 0 spiro atoms. The van der Waals surface area contributed by atoms with Gasteiger partial charge in [0, 0.05) is 19.5 Å². The number of nitrogens with zero attached hydrogens (tertiary/aromatic N) is 1. The van der Waals surface area contributed by atoms with Gasteiger partial charge in [0.2, 0.25) is 5.91 Å². The molecule has 0 aromatic carbocycles. The Labute approximate surface area is 93.0 Å². The highest BCUT2D eigenvalue weighted by Gasteiger charge is 2.25. The number of likely N-dealkylation sites (tertiary alicyclic amines) is 1. The summed E-state index contributed by atoms with van der Waals surface area (Å²) >= 11 is 0. The molecule has 0 aromatic heterocycles. The first-order chi connectivity index (χ1) is 6.92. The minimum atomic E-state index is 0.253. The van der Waals surface area contributed by atoms with Gasteiger partial charge in [-0.15, -0.1) is 0 Å². The normalized spacial score (nSPS) is 22.1. The van der Waals surface area contributed by atoms with Crippen molar-refractivity contribution in [2.75, 3.05) is 19.6 Å². The topological polar surface area (TPSA) is 46.3 Å². The third-order valence-corrected chi connectivity index (χ3v) is 3.06. The molecule has 1 fully saturated rings. The van der Waals surface area contributed by atoms with Crippen LogP contribution in [0.5, 0.6) is 0 Å². The second-order valence-corrected chi connectivity index (χ2v) is 5.79. The molecule has 0 aliphatic carbocycles. The van der Waals surface area contributed by atoms with Crippen LogP contribution in [0.3, 0.4) is 0 Å². The van der Waals surface area contributed by atoms with Crippen LogP contribution >= 0.6 is 0 Å². The van der Waals surface area contributed by atoms with Gasteiger partial charge in [-0.05, 0) is 30.7 Å². The van der Waals surface area contributed by atoms with Crippen LogP contribution in [0.2, 0.25) is 0 Å². The van der Waals surface area contributed by atoms with Crippen molar-refractivity contribution in [3.05, 3.63) is 0 Å². The largest absolute Gasteiger partial charge is 0.342 e. The van der Waals surface area contributed by atoms with Crippen LogP contribution in [0.15, 0.2) is 0 Å². The zero-order valence-electron chi connectivity index (χ0n) is 10.3. The zero-order chi connectivity index (χ0) is 11.5. The van der Waals surface area contributed by atoms with Crippen LogP contribution in [-0.2, 0) is 4.79 Å². The second kappa shape index (κ2) is 4.97. The molecular formula is C12H24N2O. The van der Waals surface area contributed by atoms with E-state index in [1.807, 2.05) is 4.90 Å². The van der Waals surface area contributed by atoms with E-state index in [9.17, 15) is 4.79 Å². The third-order valence-electron chi connectivity index (χ3n) is 3.06. The van der Waals surface area contributed by atoms with Crippen molar-refractivity contribution in [3.63, 3.8) is 0 Å². The Bertz CT molecular complexity index is 220. The van der Waals surface area contributed by atoms with Gasteiger partial charge in [-0.1, -0.05) is 20.8 Å². The highest BCUT2D eigenvalue weighted by Crippen LogP contribution is 2.23. The first kappa shape index (κ1) is 12.5. The molecule has 3 nitrogen and oxygen atoms in total. The summed E-state index contributed by atoms with van der Waals surface area (Å²) in [6.07, 6.45) is 2.73. The van der Waals surface area contributed by atoms with Gasteiger partial charge in [-0.25, -0.2) is 0 Å². The molecule has 3 heteroatoms. The van der Waals surface area contributed by atoms with Crippen molar-refractivity contribution in [1.82, 2.24) is 4.90 Å². The van der Waals surface area contributed by atoms with E-state index < -0.39 is 0 Å². The van der Waals surface area contributed by atoms with E-state index in [4.69, 9.17) is 5.73 Å². The molecule has 2 N–H and O–H groups in total. The Morgan fingerprint density at radius 1 is 1.47 bits per heavy atom. The molecule has 1 heterocycles. The van der Waals surface area contributed by atoms with E-state index in [-0.39, 0.29) is 5.41 Å². The van der Waals surface area contributed by atoms with Crippen molar-refractivity contribution in [3.8, 4) is 0 Å². The Balaban J connectivity index is 2.30. The minimum Gasteiger partial charge on any atom is -0.342 e. The van der Waals surface area contributed by atoms with Crippen LogP contribution in [0, 0.1) is 11.3 Å². The van der Waals surface area contributed by atoms with Gasteiger partial charge < -0.3 is 10.6 Å². The average Bonchev–Trinajstić information content (AvgIpc) is 2.61. The Morgan fingerprint density at radius 2 is 2.13 bits per heavy atom. The lowest BCUT2D eigenvalue weighted by molar-refractivity contribution is -0.130. The zero-order valence-corrected chi connectivity index (χ0v) is 10.3. The summed E-state index contributed by atoms with van der Waals surface area (Å²) in [4.78, 5) is 13.8. The van der Waals surface area contributed by atoms with Crippen molar-refractivity contribution in [2.24, 2.45) is 17.1 Å². The summed E-state index contributed by atoms with van der Waals surface area (Å²) in [6.45, 7) is 9.01. The van der Waals surface area contributed by atoms with Crippen molar-refractivity contribution in [2.45, 2.75) is 40.0 Å². The number of amides is 1. The molecule has 1 unspecified atom stereocenters. The van der Waals surface area contributed by atoms with Crippen LogP contribution in [0.4, 0.5) is 0 Å². The lowest BCUT2D eigenvalue weighted by atomic mass is 9.90. The number of nitrogens with two attached hydrogens (primary N) is 1. The predicted molar refractivity (Wildman–Crippen MR) is 62.4 cm³/mol. The fourth-order valence-corrected chi connectivity index (χ4v) is 1.89. The molecule has 1 amide bonds. The van der Waals surface area contributed by atoms with Gasteiger partial charge in [-0.2, -0.15) is 0 Å². The fraction of sp³-hybridized carbons (Fsp3) is 0.917. The maximum Gasteiger partial charge on any atom is 0.222 e. The fourth-order valence-electron chi connectivity index (χ4n) is 1.89. The van der Waals surface area contributed by atoms with E-state index in [0.29, 0.717) is 24.8 Å². The lowest BCUT2D eigenvalue weighted by Crippen LogP contribution is -2.30. The molecule has 0 aromatic rings. The molecule has 0 bridgehead atoms. The SMILES string of the molecule is CC(C)(C)CCC(=O)N1CCC(CN)C1. The second-order valence-electron chi connectivity index (χ2n) is 5.79. The molecule has 1 aliphatic heterocycles. The Kier molecular flexibility index (Phi) is 4.14. The van der Waals surface area contributed by atoms with Gasteiger partial charge in [0.25, 0.3) is 0 Å². The van der Waals surface area contributed by atoms with Crippen molar-refractivity contribution in [1.29, 1.82) is 0 Å². The quantitative estimate of drug-likeness (QED) is 0.772. The summed E-state index contributed by atoms with van der Waals surface area (Å²) in [7, 11) is 0. The number of rotatable bonds is 3. The highest BCUT2D eigenvalue weighted by atomic mass is 16.2. The Morgan fingerprint density at radius 3 is 2.60 bits per heavy atom. The average molecular weight is 212 g/mol. The number of hydrogen-bond acceptors (Lipinski definition) is 2. The predicted octanol–water partition coefficient (Wildman–Crippen LogP) is 1.62. The molecule has 88 valence electrons. The smallest absolute Gasteiger partial charge is 0.222 e. The molecule has 0 radical (unpaired) electrons. The molecule has 1 rings (SSSR count).